The standard InChI is InChI=1S/C48H72N20O10/c69-19-33(71)59-29-13-31(39(75)37(29)73)67-21-51-35-41(61-45(63-43(35)67)65-11-7-27(17-65)57-47(77)55-25-5-9-49-15-25)53-23-1-2-24(4-3-23)54-42-36-44(68(22-52-36)32-14-30(38(74)40(32)76)60-34(72)20-70)64-46(62-42)66-12-8-28(18-66)58-48(78)56-26-6-10-50-16-26/h21-32,37-40,49-50,69-70,73-76H,1-20H2,(H,59,71)(H,60,72)(H,53,61,63)(H,54,62,64)(H2,55,57,77)(H2,56,58,78)/t23-,24-,25-,26-,27-,28-,29+,30+,31-,32-,37-,38-,39+,40+/m1/s1. The molecule has 7 aliphatic rings. The van der Waals surface area contributed by atoms with Crippen LogP contribution in [0.4, 0.5) is 33.1 Å². The van der Waals surface area contributed by atoms with E-state index in [9.17, 15) is 49.8 Å². The molecule has 4 aliphatic heterocycles. The molecular weight excluding hydrogens is 1020 g/mol. The van der Waals surface area contributed by atoms with Gasteiger partial charge >= 0.3 is 12.1 Å². The van der Waals surface area contributed by atoms with Gasteiger partial charge in [0.1, 0.15) is 37.6 Å². The van der Waals surface area contributed by atoms with E-state index in [-0.39, 0.29) is 61.2 Å². The number of aromatic nitrogens is 8. The maximum absolute atomic E-state index is 13.0. The first-order valence-electron chi connectivity index (χ1n) is 27.4. The summed E-state index contributed by atoms with van der Waals surface area (Å²) in [6.45, 7) is 3.62. The summed E-state index contributed by atoms with van der Waals surface area (Å²) in [7, 11) is 0. The molecule has 30 nitrogen and oxygen atoms in total. The van der Waals surface area contributed by atoms with Crippen LogP contribution in [0.5, 0.6) is 0 Å². The molecule has 30 heteroatoms. The second-order valence-electron chi connectivity index (χ2n) is 21.9. The SMILES string of the molecule is O=C(CO)N[C@H]1C[C@@H](n2cnc3c(N[C@H]4CC[C@H](Nc5nc(N6CC[C@@H](NC(=O)N[C@@H]7CCNC7)C6)nc6c5ncn6[C@@H]5C[C@H](NC(=O)CO)[C@@H](O)[C@H]5O)CC4)nc(N4CC[C@@H](NC(=O)N[C@@H]5CCNC5)C4)nc32)[C@H](O)[C@@H]1O. The lowest BCUT2D eigenvalue weighted by Gasteiger charge is -2.31. The second-order valence-corrected chi connectivity index (χ2v) is 21.9. The summed E-state index contributed by atoms with van der Waals surface area (Å²) < 4.78 is 3.40. The van der Waals surface area contributed by atoms with Crippen LogP contribution < -0.4 is 63.0 Å². The molecule has 424 valence electrons. The van der Waals surface area contributed by atoms with Gasteiger partial charge < -0.3 is 103 Å². The normalized spacial score (nSPS) is 32.0. The zero-order chi connectivity index (χ0) is 54.2. The summed E-state index contributed by atoms with van der Waals surface area (Å²) in [5.41, 5.74) is 1.71. The van der Waals surface area contributed by atoms with Crippen molar-refractivity contribution in [3.63, 3.8) is 0 Å². The Labute approximate surface area is 447 Å². The van der Waals surface area contributed by atoms with Gasteiger partial charge in [-0.2, -0.15) is 19.9 Å². The Morgan fingerprint density at radius 2 is 0.923 bits per heavy atom. The summed E-state index contributed by atoms with van der Waals surface area (Å²) in [6, 6.07) is -3.92. The number of urea groups is 2. The first-order valence-corrected chi connectivity index (χ1v) is 27.4. The number of aliphatic hydroxyl groups excluding tert-OH is 6. The predicted octanol–water partition coefficient (Wildman–Crippen LogP) is -4.43. The van der Waals surface area contributed by atoms with Gasteiger partial charge in [-0.1, -0.05) is 0 Å². The zero-order valence-corrected chi connectivity index (χ0v) is 43.2. The highest BCUT2D eigenvalue weighted by molar-refractivity contribution is 5.86. The van der Waals surface area contributed by atoms with Crippen molar-refractivity contribution in [1.82, 2.24) is 81.6 Å². The van der Waals surface area contributed by atoms with Crippen molar-refractivity contribution in [1.29, 1.82) is 0 Å². The molecule has 3 aliphatic carbocycles. The molecule has 0 radical (unpaired) electrons. The number of rotatable bonds is 16. The molecule has 0 bridgehead atoms. The van der Waals surface area contributed by atoms with Gasteiger partial charge in [0.25, 0.3) is 0 Å². The lowest BCUT2D eigenvalue weighted by atomic mass is 9.91. The van der Waals surface area contributed by atoms with E-state index in [1.165, 1.54) is 0 Å². The Balaban J connectivity index is 0.817. The lowest BCUT2D eigenvalue weighted by molar-refractivity contribution is -0.126. The third-order valence-electron chi connectivity index (χ3n) is 16.6. The van der Waals surface area contributed by atoms with Crippen LogP contribution in [-0.2, 0) is 9.59 Å². The van der Waals surface area contributed by atoms with E-state index < -0.39 is 73.6 Å². The smallest absolute Gasteiger partial charge is 0.315 e. The topological polar surface area (TPSA) is 404 Å². The summed E-state index contributed by atoms with van der Waals surface area (Å²) in [5.74, 6) is 0.388. The molecule has 12 atom stereocenters. The van der Waals surface area contributed by atoms with Crippen LogP contribution in [0.15, 0.2) is 12.7 Å². The van der Waals surface area contributed by atoms with Crippen molar-refractivity contribution in [2.24, 2.45) is 0 Å². The van der Waals surface area contributed by atoms with Gasteiger partial charge in [-0.25, -0.2) is 19.6 Å². The minimum atomic E-state index is -1.31. The molecule has 0 spiro atoms. The van der Waals surface area contributed by atoms with E-state index in [2.05, 4.69) is 53.2 Å². The van der Waals surface area contributed by atoms with Crippen molar-refractivity contribution < 1.29 is 49.8 Å². The molecular formula is C48H72N20O10. The van der Waals surface area contributed by atoms with Gasteiger partial charge in [-0.15, -0.1) is 0 Å². The summed E-state index contributed by atoms with van der Waals surface area (Å²) in [5, 5.41) is 94.7. The Morgan fingerprint density at radius 1 is 0.513 bits per heavy atom. The van der Waals surface area contributed by atoms with E-state index in [1.807, 2.05) is 9.80 Å². The van der Waals surface area contributed by atoms with Crippen LogP contribution in [0.1, 0.15) is 76.3 Å². The van der Waals surface area contributed by atoms with Gasteiger partial charge in [0, 0.05) is 75.5 Å². The number of fused-ring (bicyclic) bond motifs is 2. The van der Waals surface area contributed by atoms with Crippen LogP contribution in [0.25, 0.3) is 22.3 Å². The van der Waals surface area contributed by atoms with E-state index in [0.717, 1.165) is 39.0 Å². The van der Waals surface area contributed by atoms with Gasteiger partial charge in [0.15, 0.2) is 34.0 Å². The maximum Gasteiger partial charge on any atom is 0.315 e. The summed E-state index contributed by atoms with van der Waals surface area (Å²) >= 11 is 0. The van der Waals surface area contributed by atoms with Crippen molar-refractivity contribution in [2.75, 3.05) is 86.0 Å². The number of hydrogen-bond donors (Lipinski definition) is 16. The summed E-state index contributed by atoms with van der Waals surface area (Å²) in [6.07, 6.45) is 3.99. The molecule has 11 rings (SSSR count). The number of amides is 6. The molecule has 78 heavy (non-hydrogen) atoms. The number of aliphatic hydroxyl groups is 6. The number of nitrogens with zero attached hydrogens (tertiary/aromatic N) is 10. The van der Waals surface area contributed by atoms with Crippen LogP contribution >= 0.6 is 0 Å². The number of carbonyl (C=O) groups excluding carboxylic acids is 4. The Morgan fingerprint density at radius 3 is 1.31 bits per heavy atom. The van der Waals surface area contributed by atoms with Crippen LogP contribution in [0.3, 0.4) is 0 Å². The van der Waals surface area contributed by atoms with Crippen molar-refractivity contribution in [3.05, 3.63) is 12.7 Å². The molecule has 4 saturated heterocycles. The molecule has 16 N–H and O–H groups in total. The van der Waals surface area contributed by atoms with E-state index in [1.54, 1.807) is 21.8 Å². The highest BCUT2D eigenvalue weighted by atomic mass is 16.3. The predicted molar refractivity (Wildman–Crippen MR) is 280 cm³/mol. The van der Waals surface area contributed by atoms with Gasteiger partial charge in [-0.05, 0) is 77.3 Å². The molecule has 7 fully saturated rings. The highest BCUT2D eigenvalue weighted by Gasteiger charge is 2.46. The first kappa shape index (κ1) is 53.5. The van der Waals surface area contributed by atoms with Crippen LogP contribution in [0.2, 0.25) is 0 Å². The summed E-state index contributed by atoms with van der Waals surface area (Å²) in [4.78, 5) is 83.8. The molecule has 3 saturated carbocycles. The monoisotopic (exact) mass is 1090 g/mol. The molecule has 6 amide bonds. The molecule has 0 unspecified atom stereocenters. The van der Waals surface area contributed by atoms with Gasteiger partial charge in [0.05, 0.1) is 36.8 Å². The molecule has 8 heterocycles. The minimum Gasteiger partial charge on any atom is -0.388 e. The van der Waals surface area contributed by atoms with E-state index >= 15 is 0 Å². The number of carbonyl (C=O) groups is 4. The van der Waals surface area contributed by atoms with Crippen molar-refractivity contribution in [3.8, 4) is 0 Å². The Hall–Kier alpha value is -6.54. The fourth-order valence-corrected chi connectivity index (χ4v) is 12.4. The van der Waals surface area contributed by atoms with Crippen molar-refractivity contribution >= 4 is 69.7 Å². The highest BCUT2D eigenvalue weighted by Crippen LogP contribution is 2.38. The van der Waals surface area contributed by atoms with Crippen LogP contribution in [-0.4, -0.2) is 232 Å². The minimum absolute atomic E-state index is 0.0630. The molecule has 4 aromatic rings. The molecule has 4 aromatic heterocycles. The molecule has 0 aromatic carbocycles. The number of hydrogen-bond acceptors (Lipinski definition) is 22. The number of imidazole rings is 2. The third kappa shape index (κ3) is 11.3. The van der Waals surface area contributed by atoms with Gasteiger partial charge in [-0.3, -0.25) is 9.59 Å². The maximum atomic E-state index is 13.0. The van der Waals surface area contributed by atoms with Gasteiger partial charge in [0.2, 0.25) is 23.7 Å². The van der Waals surface area contributed by atoms with Crippen LogP contribution in [0, 0.1) is 0 Å². The quantitative estimate of drug-likeness (QED) is 0.0503. The largest absolute Gasteiger partial charge is 0.388 e. The first-order chi connectivity index (χ1) is 37.8. The number of anilines is 4. The fourth-order valence-electron chi connectivity index (χ4n) is 12.4. The number of nitrogens with one attached hydrogen (secondary N) is 10. The van der Waals surface area contributed by atoms with E-state index in [4.69, 9.17) is 29.9 Å². The average Bonchev–Trinajstić information content (AvgIpc) is 4.35. The van der Waals surface area contributed by atoms with E-state index in [0.29, 0.717) is 111 Å². The zero-order valence-electron chi connectivity index (χ0n) is 43.2. The average molecular weight is 1090 g/mol. The van der Waals surface area contributed by atoms with Crippen molar-refractivity contribution in [2.45, 2.75) is 149 Å². The Kier molecular flexibility index (Phi) is 15.8. The Bertz CT molecular complexity index is 2620. The lowest BCUT2D eigenvalue weighted by Crippen LogP contribution is -2.47. The second kappa shape index (κ2) is 23.0. The fraction of sp³-hybridized carbons (Fsp3) is 0.708. The third-order valence-corrected chi connectivity index (χ3v) is 16.6.